The number of nitrogens with one attached hydrogen (secondary N) is 1. The second-order valence-corrected chi connectivity index (χ2v) is 3.59. The molecular formula is C12H11NO3. The lowest BCUT2D eigenvalue weighted by Crippen LogP contribution is -2.12. The minimum atomic E-state index is -1.13. The van der Waals surface area contributed by atoms with Crippen LogP contribution in [0.3, 0.4) is 0 Å². The Morgan fingerprint density at radius 2 is 2.12 bits per heavy atom. The van der Waals surface area contributed by atoms with E-state index < -0.39 is 5.97 Å². The fourth-order valence-electron chi connectivity index (χ4n) is 1.64. The first-order chi connectivity index (χ1) is 7.61. The SMILES string of the molecule is CCc1ccc2cc(C(=O)O)[nH]c(=O)c2c1. The molecule has 1 aromatic heterocycles. The van der Waals surface area contributed by atoms with Crippen molar-refractivity contribution in [3.63, 3.8) is 0 Å². The summed E-state index contributed by atoms with van der Waals surface area (Å²) in [6.45, 7) is 2.00. The lowest BCUT2D eigenvalue weighted by Gasteiger charge is -2.02. The first-order valence-corrected chi connectivity index (χ1v) is 5.01. The van der Waals surface area contributed by atoms with Crippen molar-refractivity contribution in [1.82, 2.24) is 4.98 Å². The molecule has 0 aliphatic carbocycles. The van der Waals surface area contributed by atoms with E-state index in [1.165, 1.54) is 6.07 Å². The molecule has 2 N–H and O–H groups in total. The Hall–Kier alpha value is -2.10. The van der Waals surface area contributed by atoms with Crippen molar-refractivity contribution in [2.24, 2.45) is 0 Å². The highest BCUT2D eigenvalue weighted by atomic mass is 16.4. The average Bonchev–Trinajstić information content (AvgIpc) is 2.28. The van der Waals surface area contributed by atoms with Crippen LogP contribution in [-0.4, -0.2) is 16.1 Å². The third kappa shape index (κ3) is 1.69. The number of rotatable bonds is 2. The molecule has 2 rings (SSSR count). The van der Waals surface area contributed by atoms with Gasteiger partial charge in [-0.2, -0.15) is 0 Å². The number of carboxylic acid groups (broad SMARTS) is 1. The maximum Gasteiger partial charge on any atom is 0.352 e. The molecule has 0 atom stereocenters. The van der Waals surface area contributed by atoms with Crippen LogP contribution in [0.5, 0.6) is 0 Å². The summed E-state index contributed by atoms with van der Waals surface area (Å²) in [6.07, 6.45) is 0.843. The molecule has 2 aromatic rings. The van der Waals surface area contributed by atoms with Crippen LogP contribution < -0.4 is 5.56 Å². The summed E-state index contributed by atoms with van der Waals surface area (Å²) in [5.41, 5.74) is 0.619. The summed E-state index contributed by atoms with van der Waals surface area (Å²) in [5, 5.41) is 9.98. The van der Waals surface area contributed by atoms with Gasteiger partial charge in [-0.05, 0) is 29.5 Å². The van der Waals surface area contributed by atoms with Gasteiger partial charge in [-0.3, -0.25) is 4.79 Å². The minimum absolute atomic E-state index is 0.0817. The van der Waals surface area contributed by atoms with Crippen molar-refractivity contribution in [2.75, 3.05) is 0 Å². The number of hydrogen-bond donors (Lipinski definition) is 2. The number of benzene rings is 1. The molecular weight excluding hydrogens is 206 g/mol. The first-order valence-electron chi connectivity index (χ1n) is 5.01. The molecule has 4 nitrogen and oxygen atoms in total. The standard InChI is InChI=1S/C12H11NO3/c1-2-7-3-4-8-6-10(12(15)16)13-11(14)9(8)5-7/h3-6H,2H2,1H3,(H,13,14)(H,15,16). The van der Waals surface area contributed by atoms with E-state index in [1.54, 1.807) is 12.1 Å². The number of aromatic amines is 1. The number of aryl methyl sites for hydroxylation is 1. The summed E-state index contributed by atoms with van der Waals surface area (Å²) in [7, 11) is 0. The molecule has 0 spiro atoms. The first kappa shape index (κ1) is 10.4. The highest BCUT2D eigenvalue weighted by molar-refractivity contribution is 5.92. The fourth-order valence-corrected chi connectivity index (χ4v) is 1.64. The zero-order valence-corrected chi connectivity index (χ0v) is 8.78. The maximum absolute atomic E-state index is 11.7. The van der Waals surface area contributed by atoms with Crippen molar-refractivity contribution in [2.45, 2.75) is 13.3 Å². The molecule has 0 amide bonds. The fraction of sp³-hybridized carbons (Fsp3) is 0.167. The Morgan fingerprint density at radius 1 is 1.38 bits per heavy atom. The number of hydrogen-bond acceptors (Lipinski definition) is 2. The topological polar surface area (TPSA) is 70.2 Å². The van der Waals surface area contributed by atoms with E-state index in [4.69, 9.17) is 5.11 Å². The van der Waals surface area contributed by atoms with Gasteiger partial charge in [-0.1, -0.05) is 19.1 Å². The monoisotopic (exact) mass is 217 g/mol. The number of fused-ring (bicyclic) bond motifs is 1. The van der Waals surface area contributed by atoms with Crippen LogP contribution in [0.25, 0.3) is 10.8 Å². The van der Waals surface area contributed by atoms with Crippen molar-refractivity contribution >= 4 is 16.7 Å². The van der Waals surface area contributed by atoms with Crippen LogP contribution in [0.1, 0.15) is 23.0 Å². The van der Waals surface area contributed by atoms with Crippen molar-refractivity contribution in [1.29, 1.82) is 0 Å². The van der Waals surface area contributed by atoms with E-state index >= 15 is 0 Å². The molecule has 82 valence electrons. The van der Waals surface area contributed by atoms with E-state index in [-0.39, 0.29) is 11.3 Å². The normalized spacial score (nSPS) is 10.6. The van der Waals surface area contributed by atoms with Crippen LogP contribution in [0.4, 0.5) is 0 Å². The van der Waals surface area contributed by atoms with Gasteiger partial charge in [0, 0.05) is 5.39 Å². The van der Waals surface area contributed by atoms with Crippen LogP contribution in [0.2, 0.25) is 0 Å². The van der Waals surface area contributed by atoms with E-state index in [9.17, 15) is 9.59 Å². The number of H-pyrrole nitrogens is 1. The summed E-state index contributed by atoms with van der Waals surface area (Å²) >= 11 is 0. The van der Waals surface area contributed by atoms with E-state index in [0.29, 0.717) is 10.8 Å². The molecule has 0 fully saturated rings. The van der Waals surface area contributed by atoms with Gasteiger partial charge < -0.3 is 10.1 Å². The molecule has 1 aromatic carbocycles. The number of carboxylic acids is 1. The van der Waals surface area contributed by atoms with Crippen molar-refractivity contribution in [3.05, 3.63) is 45.9 Å². The molecule has 0 saturated heterocycles. The molecule has 4 heteroatoms. The number of carbonyl (C=O) groups is 1. The van der Waals surface area contributed by atoms with Gasteiger partial charge in [0.1, 0.15) is 5.69 Å². The molecule has 0 aliphatic heterocycles. The van der Waals surface area contributed by atoms with Crippen LogP contribution in [0, 0.1) is 0 Å². The highest BCUT2D eigenvalue weighted by Crippen LogP contribution is 2.13. The number of aromatic nitrogens is 1. The molecule has 0 radical (unpaired) electrons. The summed E-state index contributed by atoms with van der Waals surface area (Å²) in [4.78, 5) is 24.7. The van der Waals surface area contributed by atoms with Gasteiger partial charge in [0.05, 0.1) is 0 Å². The Kier molecular flexibility index (Phi) is 2.48. The largest absolute Gasteiger partial charge is 0.477 e. The molecule has 16 heavy (non-hydrogen) atoms. The predicted molar refractivity (Wildman–Crippen MR) is 60.9 cm³/mol. The Bertz CT molecular complexity index is 613. The Labute approximate surface area is 91.5 Å². The minimum Gasteiger partial charge on any atom is -0.477 e. The molecule has 0 aliphatic rings. The number of pyridine rings is 1. The second-order valence-electron chi connectivity index (χ2n) is 3.59. The molecule has 1 heterocycles. The Balaban J connectivity index is 2.76. The number of aromatic carboxylic acids is 1. The molecule has 0 saturated carbocycles. The summed E-state index contributed by atoms with van der Waals surface area (Å²) < 4.78 is 0. The molecule has 0 bridgehead atoms. The Morgan fingerprint density at radius 3 is 2.75 bits per heavy atom. The summed E-state index contributed by atoms with van der Waals surface area (Å²) in [6, 6.07) is 6.93. The third-order valence-electron chi connectivity index (χ3n) is 2.55. The highest BCUT2D eigenvalue weighted by Gasteiger charge is 2.07. The second kappa shape index (κ2) is 3.81. The average molecular weight is 217 g/mol. The lowest BCUT2D eigenvalue weighted by atomic mass is 10.1. The zero-order valence-electron chi connectivity index (χ0n) is 8.78. The van der Waals surface area contributed by atoms with Gasteiger partial charge in [-0.25, -0.2) is 4.79 Å². The van der Waals surface area contributed by atoms with Crippen LogP contribution in [0.15, 0.2) is 29.1 Å². The third-order valence-corrected chi connectivity index (χ3v) is 2.55. The van der Waals surface area contributed by atoms with Crippen molar-refractivity contribution in [3.8, 4) is 0 Å². The molecule has 0 unspecified atom stereocenters. The van der Waals surface area contributed by atoms with Gasteiger partial charge in [-0.15, -0.1) is 0 Å². The van der Waals surface area contributed by atoms with Gasteiger partial charge in [0.15, 0.2) is 0 Å². The van der Waals surface area contributed by atoms with Crippen LogP contribution >= 0.6 is 0 Å². The predicted octanol–water partition coefficient (Wildman–Crippen LogP) is 1.79. The van der Waals surface area contributed by atoms with E-state index in [2.05, 4.69) is 4.98 Å². The van der Waals surface area contributed by atoms with Gasteiger partial charge >= 0.3 is 5.97 Å². The zero-order chi connectivity index (χ0) is 11.7. The van der Waals surface area contributed by atoms with E-state index in [1.807, 2.05) is 13.0 Å². The smallest absolute Gasteiger partial charge is 0.352 e. The van der Waals surface area contributed by atoms with Gasteiger partial charge in [0.2, 0.25) is 0 Å². The maximum atomic E-state index is 11.7. The van der Waals surface area contributed by atoms with Gasteiger partial charge in [0.25, 0.3) is 5.56 Å². The van der Waals surface area contributed by atoms with E-state index in [0.717, 1.165) is 12.0 Å². The van der Waals surface area contributed by atoms with Crippen LogP contribution in [-0.2, 0) is 6.42 Å². The summed E-state index contributed by atoms with van der Waals surface area (Å²) in [5.74, 6) is -1.13. The lowest BCUT2D eigenvalue weighted by molar-refractivity contribution is 0.0690. The van der Waals surface area contributed by atoms with Crippen molar-refractivity contribution < 1.29 is 9.90 Å². The quantitative estimate of drug-likeness (QED) is 0.805.